The number of hydrogen-bond donors (Lipinski definition) is 1. The Labute approximate surface area is 181 Å². The summed E-state index contributed by atoms with van der Waals surface area (Å²) in [4.78, 5) is 13.1. The summed E-state index contributed by atoms with van der Waals surface area (Å²) >= 11 is 0. The summed E-state index contributed by atoms with van der Waals surface area (Å²) in [6, 6.07) is 14.1. The number of sulfonamides is 1. The second-order valence-corrected chi connectivity index (χ2v) is 10.2. The van der Waals surface area contributed by atoms with Crippen molar-refractivity contribution in [3.63, 3.8) is 0 Å². The molecule has 1 heterocycles. The molecule has 0 unspecified atom stereocenters. The molecule has 0 spiro atoms. The van der Waals surface area contributed by atoms with Crippen LogP contribution in [0.4, 0.5) is 4.39 Å². The number of hydrogen-bond acceptors (Lipinski definition) is 4. The summed E-state index contributed by atoms with van der Waals surface area (Å²) < 4.78 is 40.4. The van der Waals surface area contributed by atoms with Gasteiger partial charge >= 0.3 is 0 Å². The predicted molar refractivity (Wildman–Crippen MR) is 113 cm³/mol. The zero-order valence-electron chi connectivity index (χ0n) is 17.1. The van der Waals surface area contributed by atoms with Crippen molar-refractivity contribution in [3.8, 4) is 6.07 Å². The Morgan fingerprint density at radius 1 is 1.06 bits per heavy atom. The first-order chi connectivity index (χ1) is 14.8. The molecule has 6 nitrogen and oxygen atoms in total. The first kappa shape index (κ1) is 21.5. The van der Waals surface area contributed by atoms with Gasteiger partial charge in [0.2, 0.25) is 15.9 Å². The van der Waals surface area contributed by atoms with Crippen molar-refractivity contribution in [1.29, 1.82) is 5.26 Å². The summed E-state index contributed by atoms with van der Waals surface area (Å²) in [5, 5.41) is 12.1. The van der Waals surface area contributed by atoms with Crippen molar-refractivity contribution in [2.24, 2.45) is 5.92 Å². The molecule has 1 N–H and O–H groups in total. The van der Waals surface area contributed by atoms with Crippen LogP contribution in [-0.4, -0.2) is 31.7 Å². The fourth-order valence-electron chi connectivity index (χ4n) is 4.33. The number of carbonyl (C=O) groups is 1. The van der Waals surface area contributed by atoms with Crippen molar-refractivity contribution in [3.05, 3.63) is 65.5 Å². The Hall–Kier alpha value is -2.76. The molecule has 1 saturated carbocycles. The quantitative estimate of drug-likeness (QED) is 0.771. The van der Waals surface area contributed by atoms with Crippen molar-refractivity contribution >= 4 is 15.9 Å². The van der Waals surface area contributed by atoms with Crippen LogP contribution < -0.4 is 5.32 Å². The lowest BCUT2D eigenvalue weighted by Gasteiger charge is -2.44. The van der Waals surface area contributed by atoms with Crippen LogP contribution in [0.1, 0.15) is 43.2 Å². The van der Waals surface area contributed by atoms with Gasteiger partial charge in [-0.1, -0.05) is 12.1 Å². The summed E-state index contributed by atoms with van der Waals surface area (Å²) in [7, 11) is -3.66. The minimum atomic E-state index is -3.66. The SMILES string of the molecule is N#Cc1ccc(S(=O)(=O)N2CCC(C(=O)NC3(c4ccc(F)cc4)CCC3)CC2)cc1. The maximum atomic E-state index is 13.3. The Balaban J connectivity index is 1.39. The number of benzene rings is 2. The number of piperidine rings is 1. The van der Waals surface area contributed by atoms with Gasteiger partial charge in [0.25, 0.3) is 0 Å². The zero-order chi connectivity index (χ0) is 22.1. The topological polar surface area (TPSA) is 90.3 Å². The molecule has 0 aromatic heterocycles. The van der Waals surface area contributed by atoms with Gasteiger partial charge in [-0.25, -0.2) is 12.8 Å². The van der Waals surface area contributed by atoms with Crippen LogP contribution in [-0.2, 0) is 20.4 Å². The molecule has 8 heteroatoms. The van der Waals surface area contributed by atoms with Crippen LogP contribution in [0.25, 0.3) is 0 Å². The molecule has 2 aromatic carbocycles. The highest BCUT2D eigenvalue weighted by molar-refractivity contribution is 7.89. The Bertz CT molecular complexity index is 1100. The van der Waals surface area contributed by atoms with E-state index in [9.17, 15) is 17.6 Å². The van der Waals surface area contributed by atoms with E-state index in [1.54, 1.807) is 12.1 Å². The van der Waals surface area contributed by atoms with Crippen molar-refractivity contribution in [1.82, 2.24) is 9.62 Å². The number of rotatable bonds is 5. The average Bonchev–Trinajstić information content (AvgIpc) is 2.77. The van der Waals surface area contributed by atoms with Crippen molar-refractivity contribution in [2.45, 2.75) is 42.5 Å². The van der Waals surface area contributed by atoms with Crippen molar-refractivity contribution < 1.29 is 17.6 Å². The van der Waals surface area contributed by atoms with Gasteiger partial charge in [-0.2, -0.15) is 9.57 Å². The fraction of sp³-hybridized carbons (Fsp3) is 0.391. The highest BCUT2D eigenvalue weighted by Gasteiger charge is 2.42. The number of nitrogens with zero attached hydrogens (tertiary/aromatic N) is 2. The third-order valence-electron chi connectivity index (χ3n) is 6.41. The molecule has 2 aromatic rings. The Morgan fingerprint density at radius 3 is 2.19 bits per heavy atom. The highest BCUT2D eigenvalue weighted by atomic mass is 32.2. The summed E-state index contributed by atoms with van der Waals surface area (Å²) in [5.74, 6) is -0.634. The molecular weight excluding hydrogens is 417 g/mol. The van der Waals surface area contributed by atoms with Crippen LogP contribution in [0, 0.1) is 23.1 Å². The van der Waals surface area contributed by atoms with Gasteiger partial charge in [0.1, 0.15) is 5.82 Å². The average molecular weight is 442 g/mol. The van der Waals surface area contributed by atoms with Crippen LogP contribution in [0.3, 0.4) is 0 Å². The number of halogens is 1. The van der Waals surface area contributed by atoms with Crippen LogP contribution in [0.15, 0.2) is 53.4 Å². The molecule has 0 atom stereocenters. The van der Waals surface area contributed by atoms with E-state index in [1.807, 2.05) is 6.07 Å². The molecule has 1 aliphatic carbocycles. The Morgan fingerprint density at radius 2 is 1.68 bits per heavy atom. The molecule has 1 amide bonds. The lowest BCUT2D eigenvalue weighted by molar-refractivity contribution is -0.129. The van der Waals surface area contributed by atoms with Gasteiger partial charge in [0, 0.05) is 19.0 Å². The van der Waals surface area contributed by atoms with Gasteiger partial charge in [-0.15, -0.1) is 0 Å². The first-order valence-electron chi connectivity index (χ1n) is 10.4. The number of amides is 1. The minimum absolute atomic E-state index is 0.0700. The second-order valence-electron chi connectivity index (χ2n) is 8.25. The van der Waals surface area contributed by atoms with Crippen LogP contribution in [0.2, 0.25) is 0 Å². The molecule has 2 aliphatic rings. The smallest absolute Gasteiger partial charge is 0.243 e. The minimum Gasteiger partial charge on any atom is -0.346 e. The summed E-state index contributed by atoms with van der Waals surface area (Å²) in [6.45, 7) is 0.536. The summed E-state index contributed by atoms with van der Waals surface area (Å²) in [6.07, 6.45) is 3.52. The fourth-order valence-corrected chi connectivity index (χ4v) is 5.80. The van der Waals surface area contributed by atoms with E-state index in [2.05, 4.69) is 5.32 Å². The number of nitrogens with one attached hydrogen (secondary N) is 1. The largest absolute Gasteiger partial charge is 0.346 e. The molecule has 0 bridgehead atoms. The van der Waals surface area contributed by atoms with Gasteiger partial charge in [-0.05, 0) is 74.1 Å². The monoisotopic (exact) mass is 441 g/mol. The van der Waals surface area contributed by atoms with Crippen molar-refractivity contribution in [2.75, 3.05) is 13.1 Å². The molecule has 31 heavy (non-hydrogen) atoms. The van der Waals surface area contributed by atoms with Crippen LogP contribution >= 0.6 is 0 Å². The second kappa shape index (κ2) is 8.40. The van der Waals surface area contributed by atoms with E-state index in [0.717, 1.165) is 24.8 Å². The lowest BCUT2D eigenvalue weighted by atomic mass is 9.71. The molecule has 2 fully saturated rings. The van der Waals surface area contributed by atoms with E-state index in [1.165, 1.54) is 40.7 Å². The maximum Gasteiger partial charge on any atom is 0.243 e. The molecule has 4 rings (SSSR count). The summed E-state index contributed by atoms with van der Waals surface area (Å²) in [5.41, 5.74) is 0.867. The van der Waals surface area contributed by atoms with E-state index in [4.69, 9.17) is 5.26 Å². The maximum absolute atomic E-state index is 13.3. The van der Waals surface area contributed by atoms with Gasteiger partial charge < -0.3 is 5.32 Å². The van der Waals surface area contributed by atoms with E-state index < -0.39 is 15.6 Å². The normalized spacial score (nSPS) is 19.2. The van der Waals surface area contributed by atoms with Crippen LogP contribution in [0.5, 0.6) is 0 Å². The van der Waals surface area contributed by atoms with Gasteiger partial charge in [0.05, 0.1) is 22.1 Å². The third-order valence-corrected chi connectivity index (χ3v) is 8.33. The standard InChI is InChI=1S/C23H24FN3O3S/c24-20-6-4-19(5-7-20)23(12-1-13-23)26-22(28)18-10-14-27(15-11-18)31(29,30)21-8-2-17(16-25)3-9-21/h2-9,18H,1,10-15H2,(H,26,28). The zero-order valence-corrected chi connectivity index (χ0v) is 17.9. The van der Waals surface area contributed by atoms with E-state index in [0.29, 0.717) is 18.4 Å². The van der Waals surface area contributed by atoms with E-state index in [-0.39, 0.29) is 35.6 Å². The lowest BCUT2D eigenvalue weighted by Crippen LogP contribution is -2.53. The first-order valence-corrected chi connectivity index (χ1v) is 11.9. The van der Waals surface area contributed by atoms with E-state index >= 15 is 0 Å². The molecule has 162 valence electrons. The van der Waals surface area contributed by atoms with Gasteiger partial charge in [0.15, 0.2) is 0 Å². The molecule has 1 saturated heterocycles. The number of carbonyl (C=O) groups excluding carboxylic acids is 1. The molecular formula is C23H24FN3O3S. The Kier molecular flexibility index (Phi) is 5.82. The van der Waals surface area contributed by atoms with Gasteiger partial charge in [-0.3, -0.25) is 4.79 Å². The third kappa shape index (κ3) is 4.21. The number of nitriles is 1. The molecule has 0 radical (unpaired) electrons. The highest BCUT2D eigenvalue weighted by Crippen LogP contribution is 2.41. The molecule has 1 aliphatic heterocycles. The predicted octanol–water partition coefficient (Wildman–Crippen LogP) is 3.29.